The number of allylic oxidation sites excluding steroid dienone is 1. The molecule has 1 N–H and O–H groups in total. The Morgan fingerprint density at radius 3 is 2.74 bits per heavy atom. The third-order valence-electron chi connectivity index (χ3n) is 4.62. The molecule has 10 heteroatoms. The standard InChI is InChI=1S/C21H27BrN4O4S/c1-6-9-30-19(27)16-12(4)23-20-24-21(31-8-3)25-26(20)17(16)13-10-14(22)18(29-7-2)15(11-13)28-5/h10-11,17H,6-9H2,1-5H3,(H,23,24,25). The number of hydrogen-bond donors (Lipinski definition) is 1. The molecule has 0 fully saturated rings. The lowest BCUT2D eigenvalue weighted by atomic mass is 9.95. The van der Waals surface area contributed by atoms with Crippen LogP contribution in [-0.2, 0) is 9.53 Å². The van der Waals surface area contributed by atoms with E-state index in [0.29, 0.717) is 47.1 Å². The molecule has 0 aliphatic carbocycles. The number of fused-ring (bicyclic) bond motifs is 1. The summed E-state index contributed by atoms with van der Waals surface area (Å²) >= 11 is 5.13. The van der Waals surface area contributed by atoms with Crippen LogP contribution in [0.2, 0.25) is 0 Å². The number of esters is 1. The summed E-state index contributed by atoms with van der Waals surface area (Å²) in [5.74, 6) is 2.21. The van der Waals surface area contributed by atoms with E-state index in [0.717, 1.165) is 22.2 Å². The molecule has 2 aromatic rings. The first kappa shape index (κ1) is 23.5. The first-order chi connectivity index (χ1) is 14.9. The zero-order valence-corrected chi connectivity index (χ0v) is 20.7. The summed E-state index contributed by atoms with van der Waals surface area (Å²) in [6.07, 6.45) is 0.741. The summed E-state index contributed by atoms with van der Waals surface area (Å²) in [4.78, 5) is 17.6. The summed E-state index contributed by atoms with van der Waals surface area (Å²) < 4.78 is 19.3. The molecular weight excluding hydrogens is 484 g/mol. The molecule has 1 aliphatic heterocycles. The van der Waals surface area contributed by atoms with E-state index in [1.807, 2.05) is 39.8 Å². The van der Waals surface area contributed by atoms with Crippen molar-refractivity contribution in [3.8, 4) is 11.5 Å². The number of nitrogens with zero attached hydrogens (tertiary/aromatic N) is 3. The van der Waals surface area contributed by atoms with E-state index in [1.54, 1.807) is 11.8 Å². The Morgan fingerprint density at radius 1 is 1.32 bits per heavy atom. The number of rotatable bonds is 9. The average molecular weight is 511 g/mol. The van der Waals surface area contributed by atoms with Gasteiger partial charge in [-0.2, -0.15) is 4.98 Å². The van der Waals surface area contributed by atoms with Gasteiger partial charge in [-0.05, 0) is 59.6 Å². The molecule has 1 aromatic carbocycles. The number of carbonyl (C=O) groups is 1. The number of benzene rings is 1. The molecule has 1 aliphatic rings. The first-order valence-electron chi connectivity index (χ1n) is 10.2. The highest BCUT2D eigenvalue weighted by atomic mass is 79.9. The van der Waals surface area contributed by atoms with Gasteiger partial charge in [0.05, 0.1) is 30.4 Å². The van der Waals surface area contributed by atoms with Crippen molar-refractivity contribution in [3.63, 3.8) is 0 Å². The Morgan fingerprint density at radius 2 is 2.10 bits per heavy atom. The smallest absolute Gasteiger partial charge is 0.338 e. The van der Waals surface area contributed by atoms with Crippen LogP contribution in [0, 0.1) is 0 Å². The molecule has 0 spiro atoms. The predicted molar refractivity (Wildman–Crippen MR) is 124 cm³/mol. The highest BCUT2D eigenvalue weighted by molar-refractivity contribution is 9.10. The van der Waals surface area contributed by atoms with Crippen LogP contribution in [0.15, 0.2) is 33.0 Å². The lowest BCUT2D eigenvalue weighted by molar-refractivity contribution is -0.139. The zero-order chi connectivity index (χ0) is 22.5. The molecule has 1 unspecified atom stereocenters. The number of anilines is 1. The van der Waals surface area contributed by atoms with Crippen LogP contribution in [-0.4, -0.2) is 46.8 Å². The second-order valence-corrected chi connectivity index (χ2v) is 8.85. The summed E-state index contributed by atoms with van der Waals surface area (Å²) in [6, 6.07) is 3.26. The van der Waals surface area contributed by atoms with Gasteiger partial charge in [-0.25, -0.2) is 9.48 Å². The maximum Gasteiger partial charge on any atom is 0.338 e. The van der Waals surface area contributed by atoms with Gasteiger partial charge in [-0.1, -0.05) is 25.6 Å². The highest BCUT2D eigenvalue weighted by Crippen LogP contribution is 2.43. The molecular formula is C21H27BrN4O4S. The molecule has 2 heterocycles. The highest BCUT2D eigenvalue weighted by Gasteiger charge is 2.36. The monoisotopic (exact) mass is 510 g/mol. The maximum absolute atomic E-state index is 13.0. The van der Waals surface area contributed by atoms with E-state index in [2.05, 4.69) is 31.3 Å². The van der Waals surface area contributed by atoms with E-state index in [4.69, 9.17) is 14.2 Å². The van der Waals surface area contributed by atoms with Crippen LogP contribution in [0.1, 0.15) is 45.7 Å². The van der Waals surface area contributed by atoms with Gasteiger partial charge in [0, 0.05) is 5.70 Å². The van der Waals surface area contributed by atoms with Crippen molar-refractivity contribution in [2.75, 3.05) is 31.4 Å². The molecule has 1 atom stereocenters. The molecule has 3 rings (SSSR count). The van der Waals surface area contributed by atoms with E-state index in [-0.39, 0.29) is 5.97 Å². The molecule has 0 bridgehead atoms. The Hall–Kier alpha value is -2.20. The Bertz CT molecular complexity index is 992. The number of halogens is 1. The first-order valence-corrected chi connectivity index (χ1v) is 12.0. The minimum atomic E-state index is -0.528. The third kappa shape index (κ3) is 4.85. The average Bonchev–Trinajstić information content (AvgIpc) is 3.14. The quantitative estimate of drug-likeness (QED) is 0.380. The largest absolute Gasteiger partial charge is 0.493 e. The van der Waals surface area contributed by atoms with Crippen molar-refractivity contribution in [1.29, 1.82) is 0 Å². The fourth-order valence-corrected chi connectivity index (χ4v) is 4.48. The maximum atomic E-state index is 13.0. The number of nitrogens with one attached hydrogen (secondary N) is 1. The molecule has 31 heavy (non-hydrogen) atoms. The Labute approximate surface area is 194 Å². The Kier molecular flexibility index (Phi) is 7.88. The van der Waals surface area contributed by atoms with Gasteiger partial charge in [0.15, 0.2) is 11.5 Å². The fourth-order valence-electron chi connectivity index (χ4n) is 3.35. The van der Waals surface area contributed by atoms with Crippen LogP contribution in [0.25, 0.3) is 0 Å². The van der Waals surface area contributed by atoms with Gasteiger partial charge in [0.1, 0.15) is 6.04 Å². The van der Waals surface area contributed by atoms with E-state index >= 15 is 0 Å². The van der Waals surface area contributed by atoms with E-state index < -0.39 is 6.04 Å². The van der Waals surface area contributed by atoms with Gasteiger partial charge in [0.2, 0.25) is 11.1 Å². The number of methoxy groups -OCH3 is 1. The van der Waals surface area contributed by atoms with Crippen molar-refractivity contribution < 1.29 is 19.0 Å². The van der Waals surface area contributed by atoms with Crippen molar-refractivity contribution in [2.24, 2.45) is 0 Å². The van der Waals surface area contributed by atoms with Crippen molar-refractivity contribution in [3.05, 3.63) is 33.4 Å². The second-order valence-electron chi connectivity index (χ2n) is 6.76. The van der Waals surface area contributed by atoms with Crippen molar-refractivity contribution in [1.82, 2.24) is 14.8 Å². The number of thioether (sulfide) groups is 1. The molecule has 0 amide bonds. The van der Waals surface area contributed by atoms with Crippen molar-refractivity contribution in [2.45, 2.75) is 45.3 Å². The molecule has 0 radical (unpaired) electrons. The zero-order valence-electron chi connectivity index (χ0n) is 18.3. The molecule has 8 nitrogen and oxygen atoms in total. The minimum Gasteiger partial charge on any atom is -0.493 e. The fraction of sp³-hybridized carbons (Fsp3) is 0.476. The van der Waals surface area contributed by atoms with Gasteiger partial charge in [0.25, 0.3) is 0 Å². The number of aromatic nitrogens is 3. The molecule has 168 valence electrons. The van der Waals surface area contributed by atoms with Crippen LogP contribution < -0.4 is 14.8 Å². The summed E-state index contributed by atoms with van der Waals surface area (Å²) in [5, 5.41) is 8.52. The van der Waals surface area contributed by atoms with Gasteiger partial charge >= 0.3 is 5.97 Å². The van der Waals surface area contributed by atoms with Crippen molar-refractivity contribution >= 4 is 39.6 Å². The van der Waals surface area contributed by atoms with Gasteiger partial charge < -0.3 is 19.5 Å². The number of hydrogen-bond acceptors (Lipinski definition) is 8. The minimum absolute atomic E-state index is 0.347. The van der Waals surface area contributed by atoms with Gasteiger partial charge in [-0.15, -0.1) is 5.10 Å². The second kappa shape index (κ2) is 10.4. The molecule has 1 aromatic heterocycles. The number of ether oxygens (including phenoxy) is 3. The van der Waals surface area contributed by atoms with Gasteiger partial charge in [-0.3, -0.25) is 0 Å². The van der Waals surface area contributed by atoms with Crippen LogP contribution in [0.5, 0.6) is 11.5 Å². The lowest BCUT2D eigenvalue weighted by Gasteiger charge is -2.28. The van der Waals surface area contributed by atoms with E-state index in [1.165, 1.54) is 11.8 Å². The van der Waals surface area contributed by atoms with E-state index in [9.17, 15) is 4.79 Å². The summed E-state index contributed by atoms with van der Waals surface area (Å²) in [5.41, 5.74) is 1.97. The summed E-state index contributed by atoms with van der Waals surface area (Å²) in [6.45, 7) is 8.61. The predicted octanol–water partition coefficient (Wildman–Crippen LogP) is 4.80. The topological polar surface area (TPSA) is 87.5 Å². The third-order valence-corrected chi connectivity index (χ3v) is 5.93. The Balaban J connectivity index is 2.17. The normalized spacial score (nSPS) is 15.4. The van der Waals surface area contributed by atoms with Crippen LogP contribution >= 0.6 is 27.7 Å². The van der Waals surface area contributed by atoms with Crippen LogP contribution in [0.3, 0.4) is 0 Å². The molecule has 0 saturated heterocycles. The number of carbonyl (C=O) groups excluding carboxylic acids is 1. The SMILES string of the molecule is CCCOC(=O)C1=C(C)Nc2nc(SCC)nn2C1c1cc(Br)c(OCC)c(OC)c1. The molecule has 0 saturated carbocycles. The summed E-state index contributed by atoms with van der Waals surface area (Å²) in [7, 11) is 1.59. The lowest BCUT2D eigenvalue weighted by Crippen LogP contribution is -2.30. The van der Waals surface area contributed by atoms with Crippen LogP contribution in [0.4, 0.5) is 5.95 Å².